The zero-order valence-corrected chi connectivity index (χ0v) is 11.0. The van der Waals surface area contributed by atoms with Crippen molar-refractivity contribution in [3.8, 4) is 5.75 Å². The summed E-state index contributed by atoms with van der Waals surface area (Å²) < 4.78 is 5.58. The third-order valence-corrected chi connectivity index (χ3v) is 2.08. The van der Waals surface area contributed by atoms with E-state index in [9.17, 15) is 0 Å². The van der Waals surface area contributed by atoms with Crippen molar-refractivity contribution < 1.29 is 4.74 Å². The fourth-order valence-electron chi connectivity index (χ4n) is 1.22. The van der Waals surface area contributed by atoms with Crippen molar-refractivity contribution in [1.29, 1.82) is 0 Å². The Morgan fingerprint density at radius 3 is 2.50 bits per heavy atom. The van der Waals surface area contributed by atoms with E-state index in [1.807, 2.05) is 13.8 Å². The van der Waals surface area contributed by atoms with Crippen LogP contribution in [-0.4, -0.2) is 18.0 Å². The normalized spacial score (nSPS) is 11.4. The molecule has 1 rings (SSSR count). The minimum absolute atomic E-state index is 0.0387. The molecule has 0 aromatic heterocycles. The number of guanidine groups is 2. The standard InChI is InChI=1S/C11H16ClN5O/c1-6(2)18-9-7(12)4-3-5-8(9)16-11(15)17-10(13)14/h3-6H,1-2H3,(H6,13,14,15,16,17). The summed E-state index contributed by atoms with van der Waals surface area (Å²) in [5.41, 5.74) is 16.4. The van der Waals surface area contributed by atoms with E-state index in [1.165, 1.54) is 0 Å². The average molecular weight is 270 g/mol. The molecule has 0 saturated heterocycles. The lowest BCUT2D eigenvalue weighted by atomic mass is 10.3. The topological polar surface area (TPSA) is 112 Å². The number of nitrogens with two attached hydrogens (primary N) is 3. The van der Waals surface area contributed by atoms with Crippen molar-refractivity contribution in [2.45, 2.75) is 20.0 Å². The number of benzene rings is 1. The maximum absolute atomic E-state index is 6.04. The largest absolute Gasteiger partial charge is 0.487 e. The van der Waals surface area contributed by atoms with Gasteiger partial charge in [0.25, 0.3) is 0 Å². The number of nitrogens with zero attached hydrogens (tertiary/aromatic N) is 2. The van der Waals surface area contributed by atoms with Crippen LogP contribution < -0.4 is 21.9 Å². The van der Waals surface area contributed by atoms with Gasteiger partial charge in [0.15, 0.2) is 11.7 Å². The molecule has 6 N–H and O–H groups in total. The monoisotopic (exact) mass is 269 g/mol. The van der Waals surface area contributed by atoms with Gasteiger partial charge in [0, 0.05) is 0 Å². The molecule has 0 heterocycles. The number of hydrogen-bond donors (Lipinski definition) is 3. The second-order valence-electron chi connectivity index (χ2n) is 3.76. The Hall–Kier alpha value is -1.95. The van der Waals surface area contributed by atoms with Crippen LogP contribution in [-0.2, 0) is 0 Å². The molecule has 0 aliphatic carbocycles. The quantitative estimate of drug-likeness (QED) is 0.568. The van der Waals surface area contributed by atoms with Gasteiger partial charge in [-0.2, -0.15) is 4.99 Å². The fraction of sp³-hybridized carbons (Fsp3) is 0.273. The maximum atomic E-state index is 6.04. The van der Waals surface area contributed by atoms with E-state index in [0.717, 1.165) is 0 Å². The number of para-hydroxylation sites is 1. The number of aliphatic imine (C=N–C) groups is 2. The van der Waals surface area contributed by atoms with E-state index < -0.39 is 0 Å². The van der Waals surface area contributed by atoms with Crippen LogP contribution in [0, 0.1) is 0 Å². The Bertz CT molecular complexity index is 480. The van der Waals surface area contributed by atoms with Gasteiger partial charge in [-0.15, -0.1) is 0 Å². The summed E-state index contributed by atoms with van der Waals surface area (Å²) in [6.45, 7) is 3.77. The molecule has 1 aromatic rings. The molecule has 7 heteroatoms. The minimum Gasteiger partial charge on any atom is -0.487 e. The van der Waals surface area contributed by atoms with Gasteiger partial charge >= 0.3 is 0 Å². The second kappa shape index (κ2) is 6.11. The molecule has 0 saturated carbocycles. The van der Waals surface area contributed by atoms with Gasteiger partial charge in [0.1, 0.15) is 5.69 Å². The maximum Gasteiger partial charge on any atom is 0.223 e. The van der Waals surface area contributed by atoms with Crippen LogP contribution in [0.15, 0.2) is 28.2 Å². The fourth-order valence-corrected chi connectivity index (χ4v) is 1.43. The van der Waals surface area contributed by atoms with E-state index >= 15 is 0 Å². The lowest BCUT2D eigenvalue weighted by Crippen LogP contribution is -2.26. The summed E-state index contributed by atoms with van der Waals surface area (Å²) in [5, 5.41) is 0.447. The summed E-state index contributed by atoms with van der Waals surface area (Å²) in [6, 6.07) is 5.14. The van der Waals surface area contributed by atoms with Crippen LogP contribution >= 0.6 is 11.6 Å². The highest BCUT2D eigenvalue weighted by atomic mass is 35.5. The van der Waals surface area contributed by atoms with Gasteiger partial charge in [-0.25, -0.2) is 4.99 Å². The van der Waals surface area contributed by atoms with Crippen LogP contribution in [0.25, 0.3) is 0 Å². The summed E-state index contributed by atoms with van der Waals surface area (Å²) in [6.07, 6.45) is -0.0387. The van der Waals surface area contributed by atoms with E-state index in [4.69, 9.17) is 33.5 Å². The van der Waals surface area contributed by atoms with Crippen molar-refractivity contribution in [3.05, 3.63) is 23.2 Å². The van der Waals surface area contributed by atoms with Crippen molar-refractivity contribution in [2.75, 3.05) is 0 Å². The Labute approximate surface area is 110 Å². The predicted molar refractivity (Wildman–Crippen MR) is 74.3 cm³/mol. The molecule has 0 spiro atoms. The molecule has 18 heavy (non-hydrogen) atoms. The number of ether oxygens (including phenoxy) is 1. The first kappa shape index (κ1) is 14.1. The van der Waals surface area contributed by atoms with E-state index in [0.29, 0.717) is 16.5 Å². The zero-order valence-electron chi connectivity index (χ0n) is 10.2. The predicted octanol–water partition coefficient (Wildman–Crippen LogP) is 1.35. The molecule has 0 radical (unpaired) electrons. The third-order valence-electron chi connectivity index (χ3n) is 1.78. The highest BCUT2D eigenvalue weighted by Gasteiger charge is 2.10. The SMILES string of the molecule is CC(C)Oc1c(Cl)cccc1N=C(N)N=C(N)N. The van der Waals surface area contributed by atoms with E-state index in [2.05, 4.69) is 9.98 Å². The number of rotatable bonds is 3. The van der Waals surface area contributed by atoms with E-state index in [1.54, 1.807) is 18.2 Å². The van der Waals surface area contributed by atoms with Crippen LogP contribution in [0.1, 0.15) is 13.8 Å². The molecule has 6 nitrogen and oxygen atoms in total. The molecule has 0 fully saturated rings. The summed E-state index contributed by atoms with van der Waals surface area (Å²) in [4.78, 5) is 7.67. The summed E-state index contributed by atoms with van der Waals surface area (Å²) in [5.74, 6) is 0.221. The van der Waals surface area contributed by atoms with Crippen LogP contribution in [0.4, 0.5) is 5.69 Å². The highest BCUT2D eigenvalue weighted by Crippen LogP contribution is 2.35. The van der Waals surface area contributed by atoms with Gasteiger partial charge in [-0.3, -0.25) is 0 Å². The molecule has 98 valence electrons. The second-order valence-corrected chi connectivity index (χ2v) is 4.17. The molecule has 0 amide bonds. The highest BCUT2D eigenvalue weighted by molar-refractivity contribution is 6.32. The summed E-state index contributed by atoms with van der Waals surface area (Å²) in [7, 11) is 0. The average Bonchev–Trinajstić information content (AvgIpc) is 2.21. The summed E-state index contributed by atoms with van der Waals surface area (Å²) >= 11 is 6.04. The Morgan fingerprint density at radius 1 is 1.28 bits per heavy atom. The molecular formula is C11H16ClN5O. The first-order valence-corrected chi connectivity index (χ1v) is 5.67. The Kier molecular flexibility index (Phi) is 4.79. The third kappa shape index (κ3) is 4.14. The van der Waals surface area contributed by atoms with Gasteiger partial charge < -0.3 is 21.9 Å². The van der Waals surface area contributed by atoms with Crippen molar-refractivity contribution in [2.24, 2.45) is 27.2 Å². The van der Waals surface area contributed by atoms with Gasteiger partial charge in [-0.1, -0.05) is 17.7 Å². The van der Waals surface area contributed by atoms with Gasteiger partial charge in [0.05, 0.1) is 11.1 Å². The van der Waals surface area contributed by atoms with Gasteiger partial charge in [0.2, 0.25) is 5.96 Å². The lowest BCUT2D eigenvalue weighted by Gasteiger charge is -2.13. The Balaban J connectivity index is 3.16. The molecule has 0 aliphatic heterocycles. The smallest absolute Gasteiger partial charge is 0.223 e. The van der Waals surface area contributed by atoms with Crippen LogP contribution in [0.5, 0.6) is 5.75 Å². The Morgan fingerprint density at radius 2 is 1.94 bits per heavy atom. The molecule has 1 aromatic carbocycles. The number of halogens is 1. The first-order valence-electron chi connectivity index (χ1n) is 5.29. The minimum atomic E-state index is -0.162. The van der Waals surface area contributed by atoms with Crippen molar-refractivity contribution in [3.63, 3.8) is 0 Å². The lowest BCUT2D eigenvalue weighted by molar-refractivity contribution is 0.243. The molecular weight excluding hydrogens is 254 g/mol. The van der Waals surface area contributed by atoms with E-state index in [-0.39, 0.29) is 18.0 Å². The van der Waals surface area contributed by atoms with Crippen LogP contribution in [0.3, 0.4) is 0 Å². The van der Waals surface area contributed by atoms with Gasteiger partial charge in [-0.05, 0) is 26.0 Å². The van der Waals surface area contributed by atoms with Crippen molar-refractivity contribution in [1.82, 2.24) is 0 Å². The van der Waals surface area contributed by atoms with Crippen molar-refractivity contribution >= 4 is 29.2 Å². The molecule has 0 bridgehead atoms. The molecule has 0 unspecified atom stereocenters. The number of hydrogen-bond acceptors (Lipinski definition) is 2. The molecule has 0 aliphatic rings. The molecule has 0 atom stereocenters. The first-order chi connectivity index (χ1) is 8.40. The zero-order chi connectivity index (χ0) is 13.7. The van der Waals surface area contributed by atoms with Crippen LogP contribution in [0.2, 0.25) is 5.02 Å².